The molecule has 5 heterocycles. The van der Waals surface area contributed by atoms with Crippen molar-refractivity contribution < 1.29 is 4.79 Å². The van der Waals surface area contributed by atoms with Gasteiger partial charge in [-0.3, -0.25) is 4.79 Å². The largest absolute Gasteiger partial charge is 0.356 e. The zero-order valence-corrected chi connectivity index (χ0v) is 17.8. The lowest BCUT2D eigenvalue weighted by Gasteiger charge is -2.22. The van der Waals surface area contributed by atoms with E-state index in [0.29, 0.717) is 23.5 Å². The zero-order chi connectivity index (χ0) is 21.0. The van der Waals surface area contributed by atoms with Gasteiger partial charge in [-0.1, -0.05) is 13.8 Å². The van der Waals surface area contributed by atoms with E-state index in [-0.39, 0.29) is 11.7 Å². The predicted molar refractivity (Wildman–Crippen MR) is 111 cm³/mol. The molecule has 2 unspecified atom stereocenters. The van der Waals surface area contributed by atoms with Gasteiger partial charge >= 0.3 is 0 Å². The second kappa shape index (κ2) is 7.00. The van der Waals surface area contributed by atoms with Crippen LogP contribution in [0.1, 0.15) is 47.5 Å². The maximum Gasteiger partial charge on any atom is 0.293 e. The monoisotopic (exact) mass is 406 g/mol. The highest BCUT2D eigenvalue weighted by molar-refractivity contribution is 5.91. The number of hydrogen-bond acceptors (Lipinski definition) is 7. The number of likely N-dealkylation sites (tertiary alicyclic amines) is 1. The summed E-state index contributed by atoms with van der Waals surface area (Å²) in [6.07, 6.45) is 1.65. The Morgan fingerprint density at radius 2 is 1.77 bits per heavy atom. The van der Waals surface area contributed by atoms with Gasteiger partial charge in [0.15, 0.2) is 0 Å². The first-order chi connectivity index (χ1) is 14.4. The molecule has 2 fully saturated rings. The molecule has 0 N–H and O–H groups in total. The maximum absolute atomic E-state index is 13.0. The molecule has 9 heteroatoms. The molecule has 3 aromatic heterocycles. The summed E-state index contributed by atoms with van der Waals surface area (Å²) >= 11 is 0. The first-order valence-corrected chi connectivity index (χ1v) is 10.5. The summed E-state index contributed by atoms with van der Waals surface area (Å²) in [6.45, 7) is 11.4. The average molecular weight is 406 g/mol. The van der Waals surface area contributed by atoms with Crippen LogP contribution >= 0.6 is 0 Å². The van der Waals surface area contributed by atoms with E-state index >= 15 is 0 Å². The number of hydrogen-bond donors (Lipinski definition) is 0. The minimum Gasteiger partial charge on any atom is -0.356 e. The van der Waals surface area contributed by atoms with E-state index in [1.54, 1.807) is 10.8 Å². The van der Waals surface area contributed by atoms with Crippen LogP contribution in [0.3, 0.4) is 0 Å². The Bertz CT molecular complexity index is 1110. The van der Waals surface area contributed by atoms with Crippen molar-refractivity contribution >= 4 is 17.5 Å². The molecule has 0 bridgehead atoms. The molecule has 2 aliphatic heterocycles. The number of carbonyl (C=O) groups excluding carboxylic acids is 1. The van der Waals surface area contributed by atoms with Crippen LogP contribution in [0.5, 0.6) is 0 Å². The van der Waals surface area contributed by atoms with Crippen LogP contribution in [0, 0.1) is 25.7 Å². The van der Waals surface area contributed by atoms with Crippen molar-refractivity contribution in [3.05, 3.63) is 41.4 Å². The molecule has 156 valence electrons. The molecule has 2 atom stereocenters. The van der Waals surface area contributed by atoms with Crippen LogP contribution in [0.4, 0.5) is 5.82 Å². The van der Waals surface area contributed by atoms with Crippen molar-refractivity contribution in [1.29, 1.82) is 0 Å². The normalized spacial score (nSPS) is 21.1. The third-order valence-electron chi connectivity index (χ3n) is 6.17. The number of rotatable bonds is 3. The lowest BCUT2D eigenvalue weighted by molar-refractivity contribution is 0.0770. The topological polar surface area (TPSA) is 92.4 Å². The van der Waals surface area contributed by atoms with Crippen molar-refractivity contribution in [2.24, 2.45) is 11.8 Å². The van der Waals surface area contributed by atoms with Crippen LogP contribution in [-0.4, -0.2) is 66.5 Å². The van der Waals surface area contributed by atoms with E-state index in [9.17, 15) is 4.79 Å². The van der Waals surface area contributed by atoms with Gasteiger partial charge in [-0.25, -0.2) is 19.5 Å². The summed E-state index contributed by atoms with van der Waals surface area (Å²) in [5.74, 6) is 2.83. The van der Waals surface area contributed by atoms with Gasteiger partial charge in [-0.15, -0.1) is 5.10 Å². The molecule has 0 radical (unpaired) electrons. The van der Waals surface area contributed by atoms with E-state index in [1.165, 1.54) is 0 Å². The van der Waals surface area contributed by atoms with Crippen LogP contribution in [0.2, 0.25) is 0 Å². The van der Waals surface area contributed by atoms with E-state index in [2.05, 4.69) is 49.8 Å². The van der Waals surface area contributed by atoms with Crippen LogP contribution < -0.4 is 4.90 Å². The second-order valence-corrected chi connectivity index (χ2v) is 8.78. The second-order valence-electron chi connectivity index (χ2n) is 8.78. The Hall–Kier alpha value is -3.10. The van der Waals surface area contributed by atoms with Crippen molar-refractivity contribution in [2.45, 2.75) is 33.6 Å². The highest BCUT2D eigenvalue weighted by atomic mass is 16.2. The molecule has 2 saturated heterocycles. The molecule has 0 aliphatic carbocycles. The fourth-order valence-electron chi connectivity index (χ4n) is 4.59. The fourth-order valence-corrected chi connectivity index (χ4v) is 4.59. The molecule has 0 aromatic carbocycles. The molecule has 30 heavy (non-hydrogen) atoms. The molecule has 3 aromatic rings. The molecule has 0 spiro atoms. The third-order valence-corrected chi connectivity index (χ3v) is 6.17. The lowest BCUT2D eigenvalue weighted by Crippen LogP contribution is -2.34. The predicted octanol–water partition coefficient (Wildman–Crippen LogP) is 1.86. The Kier molecular flexibility index (Phi) is 4.41. The average Bonchev–Trinajstić information content (AvgIpc) is 3.40. The number of aromatic nitrogens is 6. The number of amides is 1. The lowest BCUT2D eigenvalue weighted by atomic mass is 10.0. The van der Waals surface area contributed by atoms with Gasteiger partial charge < -0.3 is 9.80 Å². The molecular weight excluding hydrogens is 380 g/mol. The summed E-state index contributed by atoms with van der Waals surface area (Å²) < 4.78 is 1.64. The molecule has 5 rings (SSSR count). The van der Waals surface area contributed by atoms with Gasteiger partial charge in [0.25, 0.3) is 11.7 Å². The summed E-state index contributed by atoms with van der Waals surface area (Å²) in [4.78, 5) is 34.9. The SMILES string of the molecule is Cc1cc(C)n2nc(C(=O)N3CC4CN(c5cc(C(C)C)ncn5)CC4C3)nc2n1. The van der Waals surface area contributed by atoms with Crippen molar-refractivity contribution in [3.8, 4) is 0 Å². The summed E-state index contributed by atoms with van der Waals surface area (Å²) in [5.41, 5.74) is 2.85. The zero-order valence-electron chi connectivity index (χ0n) is 17.8. The molecule has 0 saturated carbocycles. The summed E-state index contributed by atoms with van der Waals surface area (Å²) in [5, 5.41) is 4.40. The van der Waals surface area contributed by atoms with Gasteiger partial charge in [-0.2, -0.15) is 4.98 Å². The smallest absolute Gasteiger partial charge is 0.293 e. The van der Waals surface area contributed by atoms with Crippen molar-refractivity contribution in [1.82, 2.24) is 34.4 Å². The highest BCUT2D eigenvalue weighted by Gasteiger charge is 2.43. The summed E-state index contributed by atoms with van der Waals surface area (Å²) in [7, 11) is 0. The molecule has 9 nitrogen and oxygen atoms in total. The summed E-state index contributed by atoms with van der Waals surface area (Å²) in [6, 6.07) is 4.02. The Morgan fingerprint density at radius 3 is 2.47 bits per heavy atom. The number of nitrogens with zero attached hydrogens (tertiary/aromatic N) is 8. The number of carbonyl (C=O) groups is 1. The van der Waals surface area contributed by atoms with Crippen molar-refractivity contribution in [3.63, 3.8) is 0 Å². The molecule has 2 aliphatic rings. The number of aryl methyl sites for hydroxylation is 2. The minimum absolute atomic E-state index is 0.109. The number of fused-ring (bicyclic) bond motifs is 2. The van der Waals surface area contributed by atoms with Crippen LogP contribution in [0.25, 0.3) is 5.78 Å². The van der Waals surface area contributed by atoms with E-state index < -0.39 is 0 Å². The fraction of sp³-hybridized carbons (Fsp3) is 0.524. The quantitative estimate of drug-likeness (QED) is 0.655. The first kappa shape index (κ1) is 18.9. The van der Waals surface area contributed by atoms with E-state index in [4.69, 9.17) is 0 Å². The van der Waals surface area contributed by atoms with Crippen LogP contribution in [0.15, 0.2) is 18.5 Å². The Balaban J connectivity index is 1.29. The van der Waals surface area contributed by atoms with Gasteiger partial charge in [-0.05, 0) is 25.8 Å². The van der Waals surface area contributed by atoms with Crippen LogP contribution in [-0.2, 0) is 0 Å². The first-order valence-electron chi connectivity index (χ1n) is 10.5. The maximum atomic E-state index is 13.0. The van der Waals surface area contributed by atoms with Crippen molar-refractivity contribution in [2.75, 3.05) is 31.1 Å². The molecular formula is C21H26N8O. The van der Waals surface area contributed by atoms with E-state index in [1.807, 2.05) is 24.8 Å². The van der Waals surface area contributed by atoms with Gasteiger partial charge in [0.1, 0.15) is 12.1 Å². The van der Waals surface area contributed by atoms with E-state index in [0.717, 1.165) is 49.1 Å². The number of anilines is 1. The van der Waals surface area contributed by atoms with Gasteiger partial charge in [0, 0.05) is 61.2 Å². The standard InChI is InChI=1S/C21H26N8O/c1-12(2)17-6-18(23-11-22-17)27-7-15-9-28(10-16(15)8-27)20(30)19-25-21-24-13(3)5-14(4)29(21)26-19/h5-6,11-12,15-16H,7-10H2,1-4H3. The van der Waals surface area contributed by atoms with Gasteiger partial charge in [0.05, 0.1) is 0 Å². The highest BCUT2D eigenvalue weighted by Crippen LogP contribution is 2.34. The minimum atomic E-state index is -0.109. The third kappa shape index (κ3) is 3.18. The Labute approximate surface area is 175 Å². The molecule has 1 amide bonds. The Morgan fingerprint density at radius 1 is 1.03 bits per heavy atom. The van der Waals surface area contributed by atoms with Gasteiger partial charge in [0.2, 0.25) is 5.82 Å².